The van der Waals surface area contributed by atoms with E-state index in [1.807, 2.05) is 42.0 Å². The molecule has 1 aliphatic heterocycles. The second kappa shape index (κ2) is 7.47. The number of rotatable bonds is 5. The number of hydrogen-bond acceptors (Lipinski definition) is 6. The molecular formula is C20H22N4O4. The fraction of sp³-hybridized carbons (Fsp3) is 0.350. The van der Waals surface area contributed by atoms with Crippen molar-refractivity contribution in [3.63, 3.8) is 0 Å². The van der Waals surface area contributed by atoms with E-state index in [1.54, 1.807) is 12.1 Å². The molecule has 146 valence electrons. The van der Waals surface area contributed by atoms with E-state index < -0.39 is 4.92 Å². The summed E-state index contributed by atoms with van der Waals surface area (Å²) in [5, 5.41) is 16.3. The summed E-state index contributed by atoms with van der Waals surface area (Å²) in [6.07, 6.45) is 4.95. The first-order chi connectivity index (χ1) is 13.5. The molecule has 0 bridgehead atoms. The summed E-state index contributed by atoms with van der Waals surface area (Å²) in [7, 11) is 3.89. The molecule has 1 atom stereocenters. The first-order valence-electron chi connectivity index (χ1n) is 9.25. The summed E-state index contributed by atoms with van der Waals surface area (Å²) in [6.45, 7) is 0.758. The monoisotopic (exact) mass is 382 g/mol. The third-order valence-corrected chi connectivity index (χ3v) is 4.86. The van der Waals surface area contributed by atoms with Crippen LogP contribution in [-0.4, -0.2) is 35.4 Å². The van der Waals surface area contributed by atoms with E-state index in [9.17, 15) is 10.1 Å². The van der Waals surface area contributed by atoms with Gasteiger partial charge in [0.25, 0.3) is 5.69 Å². The average Bonchev–Trinajstić information content (AvgIpc) is 3.11. The van der Waals surface area contributed by atoms with Crippen molar-refractivity contribution in [3.8, 4) is 11.5 Å². The first-order valence-corrected chi connectivity index (χ1v) is 9.25. The van der Waals surface area contributed by atoms with Gasteiger partial charge in [-0.1, -0.05) is 0 Å². The van der Waals surface area contributed by atoms with Crippen LogP contribution in [-0.2, 0) is 4.74 Å². The van der Waals surface area contributed by atoms with Crippen LogP contribution in [0.3, 0.4) is 0 Å². The zero-order chi connectivity index (χ0) is 19.7. The maximum Gasteiger partial charge on any atom is 0.269 e. The van der Waals surface area contributed by atoms with E-state index in [4.69, 9.17) is 9.47 Å². The van der Waals surface area contributed by atoms with Crippen molar-refractivity contribution in [2.45, 2.75) is 25.5 Å². The molecule has 2 heterocycles. The number of nitro benzene ring substituents is 1. The van der Waals surface area contributed by atoms with Gasteiger partial charge in [-0.05, 0) is 43.5 Å². The predicted octanol–water partition coefficient (Wildman–Crippen LogP) is 4.50. The Morgan fingerprint density at radius 3 is 2.68 bits per heavy atom. The molecule has 0 aliphatic carbocycles. The summed E-state index contributed by atoms with van der Waals surface area (Å²) in [6, 6.07) is 10.0. The van der Waals surface area contributed by atoms with Crippen molar-refractivity contribution >= 4 is 22.3 Å². The molecule has 1 saturated heterocycles. The zero-order valence-corrected chi connectivity index (χ0v) is 15.9. The number of aromatic nitrogens is 2. The lowest BCUT2D eigenvalue weighted by Gasteiger charge is -2.24. The molecule has 1 aromatic heterocycles. The number of fused-ring (bicyclic) bond motifs is 1. The SMILES string of the molecule is CN(C)c1cc2c(cnn2C2CCCCO2)cc1Oc1ccc([N+](=O)[O-])cc1. The Morgan fingerprint density at radius 1 is 1.25 bits per heavy atom. The van der Waals surface area contributed by atoms with Crippen LogP contribution in [0.1, 0.15) is 25.5 Å². The molecule has 0 radical (unpaired) electrons. The van der Waals surface area contributed by atoms with Crippen LogP contribution >= 0.6 is 0 Å². The number of benzene rings is 2. The second-order valence-corrected chi connectivity index (χ2v) is 7.04. The Hall–Kier alpha value is -3.13. The van der Waals surface area contributed by atoms with Gasteiger partial charge in [0.1, 0.15) is 5.75 Å². The third kappa shape index (κ3) is 3.50. The number of nitrogens with zero attached hydrogens (tertiary/aromatic N) is 4. The number of ether oxygens (including phenoxy) is 2. The van der Waals surface area contributed by atoms with E-state index in [-0.39, 0.29) is 11.9 Å². The average molecular weight is 382 g/mol. The van der Waals surface area contributed by atoms with Crippen molar-refractivity contribution in [3.05, 3.63) is 52.7 Å². The number of nitro groups is 1. The molecule has 0 saturated carbocycles. The highest BCUT2D eigenvalue weighted by molar-refractivity contribution is 5.86. The quantitative estimate of drug-likeness (QED) is 0.477. The molecule has 1 unspecified atom stereocenters. The standard InChI is InChI=1S/C20H22N4O4/c1-22(2)18-12-17-14(13-21-23(17)20-5-3-4-10-27-20)11-19(18)28-16-8-6-15(7-9-16)24(25)26/h6-9,11-13,20H,3-5,10H2,1-2H3. The van der Waals surface area contributed by atoms with Gasteiger partial charge in [0, 0.05) is 38.2 Å². The maximum absolute atomic E-state index is 10.8. The lowest BCUT2D eigenvalue weighted by atomic mass is 10.1. The van der Waals surface area contributed by atoms with Gasteiger partial charge in [0.15, 0.2) is 12.0 Å². The Balaban J connectivity index is 1.69. The van der Waals surface area contributed by atoms with Crippen molar-refractivity contribution < 1.29 is 14.4 Å². The largest absolute Gasteiger partial charge is 0.455 e. The Labute approximate surface area is 162 Å². The number of hydrogen-bond donors (Lipinski definition) is 0. The van der Waals surface area contributed by atoms with Gasteiger partial charge < -0.3 is 14.4 Å². The highest BCUT2D eigenvalue weighted by Gasteiger charge is 2.20. The topological polar surface area (TPSA) is 82.7 Å². The van der Waals surface area contributed by atoms with Gasteiger partial charge in [0.05, 0.1) is 22.3 Å². The van der Waals surface area contributed by atoms with Gasteiger partial charge in [-0.15, -0.1) is 0 Å². The number of non-ortho nitro benzene ring substituents is 1. The molecule has 8 heteroatoms. The molecule has 0 amide bonds. The molecule has 2 aromatic carbocycles. The van der Waals surface area contributed by atoms with E-state index in [0.29, 0.717) is 11.5 Å². The summed E-state index contributed by atoms with van der Waals surface area (Å²) >= 11 is 0. The summed E-state index contributed by atoms with van der Waals surface area (Å²) < 4.78 is 13.9. The predicted molar refractivity (Wildman–Crippen MR) is 106 cm³/mol. The maximum atomic E-state index is 10.8. The smallest absolute Gasteiger partial charge is 0.269 e. The van der Waals surface area contributed by atoms with E-state index in [2.05, 4.69) is 5.10 Å². The molecule has 0 spiro atoms. The van der Waals surface area contributed by atoms with Gasteiger partial charge in [-0.2, -0.15) is 5.10 Å². The van der Waals surface area contributed by atoms with Gasteiger partial charge in [-0.3, -0.25) is 10.1 Å². The minimum atomic E-state index is -0.428. The van der Waals surface area contributed by atoms with Gasteiger partial charge in [0.2, 0.25) is 0 Å². The van der Waals surface area contributed by atoms with E-state index in [1.165, 1.54) is 12.1 Å². The third-order valence-electron chi connectivity index (χ3n) is 4.86. The van der Waals surface area contributed by atoms with E-state index >= 15 is 0 Å². The zero-order valence-electron chi connectivity index (χ0n) is 15.9. The molecule has 1 aliphatic rings. The van der Waals surface area contributed by atoms with Crippen molar-refractivity contribution in [2.24, 2.45) is 0 Å². The molecule has 28 heavy (non-hydrogen) atoms. The Morgan fingerprint density at radius 2 is 2.04 bits per heavy atom. The summed E-state index contributed by atoms with van der Waals surface area (Å²) in [4.78, 5) is 12.4. The lowest BCUT2D eigenvalue weighted by Crippen LogP contribution is -2.19. The first kappa shape index (κ1) is 18.2. The van der Waals surface area contributed by atoms with Gasteiger partial charge in [-0.25, -0.2) is 4.68 Å². The van der Waals surface area contributed by atoms with Gasteiger partial charge >= 0.3 is 0 Å². The van der Waals surface area contributed by atoms with Crippen molar-refractivity contribution in [1.82, 2.24) is 9.78 Å². The second-order valence-electron chi connectivity index (χ2n) is 7.04. The lowest BCUT2D eigenvalue weighted by molar-refractivity contribution is -0.384. The summed E-state index contributed by atoms with van der Waals surface area (Å²) in [5.41, 5.74) is 1.92. The Kier molecular flexibility index (Phi) is 4.87. The normalized spacial score (nSPS) is 16.9. The van der Waals surface area contributed by atoms with Crippen LogP contribution in [0.2, 0.25) is 0 Å². The van der Waals surface area contributed by atoms with Crippen LogP contribution < -0.4 is 9.64 Å². The minimum absolute atomic E-state index is 0.0318. The molecular weight excluding hydrogens is 360 g/mol. The minimum Gasteiger partial charge on any atom is -0.455 e. The summed E-state index contributed by atoms with van der Waals surface area (Å²) in [5.74, 6) is 1.20. The molecule has 0 N–H and O–H groups in total. The Bertz CT molecular complexity index is 991. The number of anilines is 1. The van der Waals surface area contributed by atoms with Crippen LogP contribution in [0, 0.1) is 10.1 Å². The van der Waals surface area contributed by atoms with Crippen molar-refractivity contribution in [2.75, 3.05) is 25.6 Å². The molecule has 1 fully saturated rings. The van der Waals surface area contributed by atoms with Crippen LogP contribution in [0.5, 0.6) is 11.5 Å². The van der Waals surface area contributed by atoms with Crippen molar-refractivity contribution in [1.29, 1.82) is 0 Å². The fourth-order valence-electron chi connectivity index (χ4n) is 3.40. The molecule has 3 aromatic rings. The van der Waals surface area contributed by atoms with E-state index in [0.717, 1.165) is 42.5 Å². The molecule has 4 rings (SSSR count). The highest BCUT2D eigenvalue weighted by atomic mass is 16.6. The van der Waals surface area contributed by atoms with Crippen LogP contribution in [0.25, 0.3) is 10.9 Å². The van der Waals surface area contributed by atoms with Crippen LogP contribution in [0.15, 0.2) is 42.6 Å². The fourth-order valence-corrected chi connectivity index (χ4v) is 3.40. The van der Waals surface area contributed by atoms with Crippen LogP contribution in [0.4, 0.5) is 11.4 Å². The highest BCUT2D eigenvalue weighted by Crippen LogP contribution is 2.37. The molecule has 8 nitrogen and oxygen atoms in total.